The first-order valence-corrected chi connectivity index (χ1v) is 3.90. The molecule has 0 bridgehead atoms. The van der Waals surface area contributed by atoms with E-state index in [9.17, 15) is 0 Å². The van der Waals surface area contributed by atoms with Gasteiger partial charge in [-0.05, 0) is 37.7 Å². The van der Waals surface area contributed by atoms with Gasteiger partial charge in [-0.25, -0.2) is 0 Å². The molecule has 0 unspecified atom stereocenters. The van der Waals surface area contributed by atoms with Gasteiger partial charge in [-0.15, -0.1) is 0 Å². The van der Waals surface area contributed by atoms with E-state index in [-0.39, 0.29) is 0 Å². The first kappa shape index (κ1) is 6.85. The SMILES string of the molecule is CC(C)C1=[C]CCCC1. The quantitative estimate of drug-likeness (QED) is 0.503. The van der Waals surface area contributed by atoms with Gasteiger partial charge in [-0.2, -0.15) is 0 Å². The second kappa shape index (κ2) is 3.05. The topological polar surface area (TPSA) is 0 Å². The standard InChI is InChI=1S/C9H15/c1-8(2)9-6-4-3-5-7-9/h8H,3-6H2,1-2H3. The molecule has 0 aliphatic heterocycles. The van der Waals surface area contributed by atoms with Gasteiger partial charge in [0.25, 0.3) is 0 Å². The fraction of sp³-hybridized carbons (Fsp3) is 0.778. The van der Waals surface area contributed by atoms with Crippen molar-refractivity contribution in [3.8, 4) is 0 Å². The van der Waals surface area contributed by atoms with Crippen LogP contribution in [0.3, 0.4) is 0 Å². The Balaban J connectivity index is 2.46. The molecule has 0 nitrogen and oxygen atoms in total. The van der Waals surface area contributed by atoms with Gasteiger partial charge in [0.15, 0.2) is 0 Å². The summed E-state index contributed by atoms with van der Waals surface area (Å²) >= 11 is 0. The summed E-state index contributed by atoms with van der Waals surface area (Å²) < 4.78 is 0. The molecule has 0 atom stereocenters. The lowest BCUT2D eigenvalue weighted by Gasteiger charge is -2.14. The highest BCUT2D eigenvalue weighted by Gasteiger charge is 2.06. The predicted octanol–water partition coefficient (Wildman–Crippen LogP) is 2.95. The molecular formula is C9H15. The molecule has 0 spiro atoms. The Hall–Kier alpha value is -0.260. The molecule has 0 fully saturated rings. The van der Waals surface area contributed by atoms with Gasteiger partial charge >= 0.3 is 0 Å². The highest BCUT2D eigenvalue weighted by atomic mass is 14.1. The normalized spacial score (nSPS) is 20.1. The van der Waals surface area contributed by atoms with Crippen molar-refractivity contribution in [2.45, 2.75) is 39.5 Å². The van der Waals surface area contributed by atoms with Crippen LogP contribution >= 0.6 is 0 Å². The third-order valence-corrected chi connectivity index (χ3v) is 1.92. The molecule has 9 heavy (non-hydrogen) atoms. The fourth-order valence-corrected chi connectivity index (χ4v) is 1.27. The van der Waals surface area contributed by atoms with Crippen molar-refractivity contribution < 1.29 is 0 Å². The molecule has 0 heterocycles. The second-order valence-electron chi connectivity index (χ2n) is 3.06. The van der Waals surface area contributed by atoms with E-state index >= 15 is 0 Å². The summed E-state index contributed by atoms with van der Waals surface area (Å²) in [6.07, 6.45) is 8.69. The fourth-order valence-electron chi connectivity index (χ4n) is 1.27. The molecule has 0 heteroatoms. The Morgan fingerprint density at radius 3 is 2.44 bits per heavy atom. The lowest BCUT2D eigenvalue weighted by molar-refractivity contribution is 0.610. The van der Waals surface area contributed by atoms with Crippen LogP contribution in [0.4, 0.5) is 0 Å². The lowest BCUT2D eigenvalue weighted by atomic mass is 9.92. The van der Waals surface area contributed by atoms with Crippen molar-refractivity contribution in [1.29, 1.82) is 0 Å². The van der Waals surface area contributed by atoms with Crippen molar-refractivity contribution in [2.75, 3.05) is 0 Å². The summed E-state index contributed by atoms with van der Waals surface area (Å²) in [6.45, 7) is 4.52. The molecule has 1 radical (unpaired) electrons. The molecule has 0 aromatic heterocycles. The molecule has 1 aliphatic rings. The maximum atomic E-state index is 3.44. The van der Waals surface area contributed by atoms with Crippen LogP contribution in [0.25, 0.3) is 0 Å². The van der Waals surface area contributed by atoms with Gasteiger partial charge < -0.3 is 0 Å². The van der Waals surface area contributed by atoms with Crippen molar-refractivity contribution in [2.24, 2.45) is 5.92 Å². The van der Waals surface area contributed by atoms with Gasteiger partial charge in [0.05, 0.1) is 0 Å². The Kier molecular flexibility index (Phi) is 2.32. The first-order chi connectivity index (χ1) is 4.30. The zero-order valence-electron chi connectivity index (χ0n) is 6.41. The van der Waals surface area contributed by atoms with Crippen LogP contribution in [0.1, 0.15) is 39.5 Å². The number of hydrogen-bond donors (Lipinski definition) is 0. The van der Waals surface area contributed by atoms with E-state index in [1.165, 1.54) is 25.7 Å². The molecule has 1 aliphatic carbocycles. The minimum absolute atomic E-state index is 0.741. The maximum Gasteiger partial charge on any atom is -0.0254 e. The predicted molar refractivity (Wildman–Crippen MR) is 40.1 cm³/mol. The molecule has 0 N–H and O–H groups in total. The van der Waals surface area contributed by atoms with Crippen LogP contribution in [-0.2, 0) is 0 Å². The van der Waals surface area contributed by atoms with Crippen LogP contribution in [0.5, 0.6) is 0 Å². The third-order valence-electron chi connectivity index (χ3n) is 1.92. The summed E-state index contributed by atoms with van der Waals surface area (Å²) in [7, 11) is 0. The van der Waals surface area contributed by atoms with E-state index in [1.807, 2.05) is 0 Å². The van der Waals surface area contributed by atoms with Crippen LogP contribution in [0.15, 0.2) is 5.57 Å². The Morgan fingerprint density at radius 2 is 2.11 bits per heavy atom. The largest absolute Gasteiger partial charge is 0.0642 e. The van der Waals surface area contributed by atoms with Gasteiger partial charge in [0, 0.05) is 0 Å². The van der Waals surface area contributed by atoms with E-state index in [0.29, 0.717) is 0 Å². The van der Waals surface area contributed by atoms with E-state index in [0.717, 1.165) is 5.92 Å². The summed E-state index contributed by atoms with van der Waals surface area (Å²) in [5.74, 6) is 0.741. The molecule has 51 valence electrons. The zero-order chi connectivity index (χ0) is 6.69. The average Bonchev–Trinajstić information content (AvgIpc) is 1.90. The number of allylic oxidation sites excluding steroid dienone is 2. The Morgan fingerprint density at radius 1 is 1.33 bits per heavy atom. The third kappa shape index (κ3) is 1.85. The Labute approximate surface area is 58.0 Å². The minimum Gasteiger partial charge on any atom is -0.0642 e. The van der Waals surface area contributed by atoms with Crippen molar-refractivity contribution in [1.82, 2.24) is 0 Å². The lowest BCUT2D eigenvalue weighted by Crippen LogP contribution is -1.98. The van der Waals surface area contributed by atoms with Crippen molar-refractivity contribution in [3.63, 3.8) is 0 Å². The molecule has 1 rings (SSSR count). The van der Waals surface area contributed by atoms with Crippen LogP contribution in [0, 0.1) is 12.0 Å². The molecule has 0 aromatic carbocycles. The zero-order valence-corrected chi connectivity index (χ0v) is 6.41. The maximum absolute atomic E-state index is 3.44. The van der Waals surface area contributed by atoms with Gasteiger partial charge in [0.2, 0.25) is 0 Å². The minimum atomic E-state index is 0.741. The highest BCUT2D eigenvalue weighted by molar-refractivity contribution is 5.02. The first-order valence-electron chi connectivity index (χ1n) is 3.90. The summed E-state index contributed by atoms with van der Waals surface area (Å²) in [5.41, 5.74) is 1.56. The summed E-state index contributed by atoms with van der Waals surface area (Å²) in [4.78, 5) is 0. The molecule has 0 amide bonds. The van der Waals surface area contributed by atoms with Crippen LogP contribution < -0.4 is 0 Å². The van der Waals surface area contributed by atoms with E-state index < -0.39 is 0 Å². The monoisotopic (exact) mass is 123 g/mol. The average molecular weight is 123 g/mol. The van der Waals surface area contributed by atoms with E-state index in [4.69, 9.17) is 0 Å². The number of rotatable bonds is 1. The van der Waals surface area contributed by atoms with Gasteiger partial charge in [0.1, 0.15) is 0 Å². The Bertz CT molecular complexity index is 109. The van der Waals surface area contributed by atoms with E-state index in [2.05, 4.69) is 19.9 Å². The summed E-state index contributed by atoms with van der Waals surface area (Å²) in [5, 5.41) is 0. The van der Waals surface area contributed by atoms with Gasteiger partial charge in [-0.3, -0.25) is 0 Å². The molecular weight excluding hydrogens is 108 g/mol. The molecule has 0 saturated carbocycles. The molecule has 0 saturated heterocycles. The smallest absolute Gasteiger partial charge is 0.0254 e. The van der Waals surface area contributed by atoms with Crippen molar-refractivity contribution >= 4 is 0 Å². The van der Waals surface area contributed by atoms with Crippen LogP contribution in [0.2, 0.25) is 0 Å². The van der Waals surface area contributed by atoms with Gasteiger partial charge in [-0.1, -0.05) is 19.4 Å². The van der Waals surface area contributed by atoms with Crippen molar-refractivity contribution in [3.05, 3.63) is 11.6 Å². The summed E-state index contributed by atoms with van der Waals surface area (Å²) in [6, 6.07) is 0. The van der Waals surface area contributed by atoms with Crippen LogP contribution in [-0.4, -0.2) is 0 Å². The molecule has 0 aromatic rings. The number of hydrogen-bond acceptors (Lipinski definition) is 0. The van der Waals surface area contributed by atoms with E-state index in [1.54, 1.807) is 5.57 Å². The highest BCUT2D eigenvalue weighted by Crippen LogP contribution is 2.22. The second-order valence-corrected chi connectivity index (χ2v) is 3.06.